The van der Waals surface area contributed by atoms with Crippen LogP contribution in [0.3, 0.4) is 0 Å². The Labute approximate surface area is 104 Å². The van der Waals surface area contributed by atoms with E-state index in [1.165, 1.54) is 0 Å². The van der Waals surface area contributed by atoms with E-state index in [1.54, 1.807) is 0 Å². The number of carbonyl (C=O) groups excluding carboxylic acids is 1. The highest BCUT2D eigenvalue weighted by Crippen LogP contribution is 2.29. The number of aryl methyl sites for hydroxylation is 1. The summed E-state index contributed by atoms with van der Waals surface area (Å²) in [5, 5.41) is 0. The van der Waals surface area contributed by atoms with Crippen molar-refractivity contribution in [2.24, 2.45) is 11.7 Å². The first-order chi connectivity index (χ1) is 7.58. The molecule has 5 heteroatoms. The third kappa shape index (κ3) is 3.33. The molecule has 3 N–H and O–H groups in total. The van der Waals surface area contributed by atoms with Crippen LogP contribution in [0.5, 0.6) is 0 Å². The van der Waals surface area contributed by atoms with E-state index >= 15 is 0 Å². The molecular formula is C11H18BrN3O. The number of alkyl halides is 1. The highest BCUT2D eigenvalue weighted by Gasteiger charge is 2.20. The molecule has 1 amide bonds. The second-order valence-corrected chi connectivity index (χ2v) is 4.95. The number of hydrogen-bond donors (Lipinski definition) is 2. The molecule has 0 spiro atoms. The number of hydrogen-bond acceptors (Lipinski definition) is 2. The van der Waals surface area contributed by atoms with Gasteiger partial charge in [-0.3, -0.25) is 4.79 Å². The van der Waals surface area contributed by atoms with E-state index in [9.17, 15) is 4.79 Å². The summed E-state index contributed by atoms with van der Waals surface area (Å²) in [5.41, 5.74) is 6.33. The van der Waals surface area contributed by atoms with E-state index in [2.05, 4.69) is 25.9 Å². The summed E-state index contributed by atoms with van der Waals surface area (Å²) in [7, 11) is 0. The molecule has 2 unspecified atom stereocenters. The summed E-state index contributed by atoms with van der Waals surface area (Å²) in [6.45, 7) is 4.02. The maximum atomic E-state index is 11.1. The first-order valence-corrected chi connectivity index (χ1v) is 6.47. The molecule has 0 radical (unpaired) electrons. The number of imidazole rings is 1. The molecule has 90 valence electrons. The largest absolute Gasteiger partial charge is 0.369 e. The lowest BCUT2D eigenvalue weighted by atomic mass is 9.99. The standard InChI is InChI=1S/C11H18BrN3O/c1-3-7(11(13)16)5-8(12)9-6-14-10(4-2)15-9/h6-8H,3-5H2,1-2H3,(H2,13,16)(H,14,15). The van der Waals surface area contributed by atoms with Crippen molar-refractivity contribution in [1.82, 2.24) is 9.97 Å². The number of primary amides is 1. The Hall–Kier alpha value is -0.840. The number of carbonyl (C=O) groups is 1. The highest BCUT2D eigenvalue weighted by molar-refractivity contribution is 9.09. The quantitative estimate of drug-likeness (QED) is 0.788. The fourth-order valence-corrected chi connectivity index (χ4v) is 2.26. The van der Waals surface area contributed by atoms with Crippen molar-refractivity contribution in [3.8, 4) is 0 Å². The molecule has 1 aromatic rings. The van der Waals surface area contributed by atoms with Gasteiger partial charge < -0.3 is 10.7 Å². The molecule has 0 bridgehead atoms. The first kappa shape index (κ1) is 13.2. The molecule has 0 aliphatic carbocycles. The number of aromatic nitrogens is 2. The lowest BCUT2D eigenvalue weighted by Crippen LogP contribution is -2.23. The van der Waals surface area contributed by atoms with Crippen molar-refractivity contribution < 1.29 is 4.79 Å². The molecule has 0 saturated heterocycles. The third-order valence-electron chi connectivity index (χ3n) is 2.71. The molecule has 0 aliphatic heterocycles. The van der Waals surface area contributed by atoms with Crippen LogP contribution in [0.15, 0.2) is 6.20 Å². The van der Waals surface area contributed by atoms with E-state index < -0.39 is 0 Å². The normalized spacial score (nSPS) is 14.7. The Bertz CT molecular complexity index is 351. The molecule has 0 fully saturated rings. The molecule has 1 rings (SSSR count). The average Bonchev–Trinajstić information content (AvgIpc) is 2.73. The molecule has 0 aromatic carbocycles. The van der Waals surface area contributed by atoms with Crippen molar-refractivity contribution in [1.29, 1.82) is 0 Å². The number of H-pyrrole nitrogens is 1. The monoisotopic (exact) mass is 287 g/mol. The van der Waals surface area contributed by atoms with Crippen LogP contribution in [0, 0.1) is 5.92 Å². The minimum absolute atomic E-state index is 0.0854. The van der Waals surface area contributed by atoms with Crippen molar-refractivity contribution in [3.05, 3.63) is 17.7 Å². The summed E-state index contributed by atoms with van der Waals surface area (Å²) in [4.78, 5) is 18.7. The second kappa shape index (κ2) is 6.03. The van der Waals surface area contributed by atoms with Gasteiger partial charge in [-0.25, -0.2) is 4.98 Å². The predicted molar refractivity (Wildman–Crippen MR) is 67.2 cm³/mol. The summed E-state index contributed by atoms with van der Waals surface area (Å²) in [6, 6.07) is 0. The van der Waals surface area contributed by atoms with Gasteiger partial charge in [-0.2, -0.15) is 0 Å². The molecular weight excluding hydrogens is 270 g/mol. The zero-order valence-corrected chi connectivity index (χ0v) is 11.3. The lowest BCUT2D eigenvalue weighted by Gasteiger charge is -2.14. The van der Waals surface area contributed by atoms with Gasteiger partial charge in [0.15, 0.2) is 0 Å². The van der Waals surface area contributed by atoms with Crippen molar-refractivity contribution in [2.45, 2.75) is 37.9 Å². The Kier molecular flexibility index (Phi) is 4.99. The van der Waals surface area contributed by atoms with Gasteiger partial charge in [-0.1, -0.05) is 29.8 Å². The zero-order chi connectivity index (χ0) is 12.1. The van der Waals surface area contributed by atoms with E-state index in [4.69, 9.17) is 5.73 Å². The van der Waals surface area contributed by atoms with Gasteiger partial charge in [-0.15, -0.1) is 0 Å². The Morgan fingerprint density at radius 1 is 1.62 bits per heavy atom. The first-order valence-electron chi connectivity index (χ1n) is 5.55. The number of nitrogens with one attached hydrogen (secondary N) is 1. The van der Waals surface area contributed by atoms with Crippen LogP contribution >= 0.6 is 15.9 Å². The SMILES string of the molecule is CCc1ncc(C(Br)CC(CC)C(N)=O)[nH]1. The number of rotatable bonds is 6. The van der Waals surface area contributed by atoms with Crippen LogP contribution in [0.1, 0.15) is 43.0 Å². The van der Waals surface area contributed by atoms with Gasteiger partial charge in [0.05, 0.1) is 4.83 Å². The van der Waals surface area contributed by atoms with Gasteiger partial charge in [0.25, 0.3) is 0 Å². The molecule has 1 heterocycles. The molecule has 4 nitrogen and oxygen atoms in total. The number of nitrogens with zero attached hydrogens (tertiary/aromatic N) is 1. The van der Waals surface area contributed by atoms with Crippen molar-refractivity contribution >= 4 is 21.8 Å². The van der Waals surface area contributed by atoms with Crippen LogP contribution in [0.4, 0.5) is 0 Å². The maximum Gasteiger partial charge on any atom is 0.220 e. The maximum absolute atomic E-state index is 11.1. The Morgan fingerprint density at radius 2 is 2.31 bits per heavy atom. The van der Waals surface area contributed by atoms with Crippen LogP contribution in [-0.2, 0) is 11.2 Å². The van der Waals surface area contributed by atoms with Crippen LogP contribution in [0.2, 0.25) is 0 Å². The van der Waals surface area contributed by atoms with E-state index in [0.717, 1.165) is 24.4 Å². The van der Waals surface area contributed by atoms with Gasteiger partial charge in [0, 0.05) is 24.2 Å². The number of halogens is 1. The molecule has 0 saturated carbocycles. The Morgan fingerprint density at radius 3 is 2.75 bits per heavy atom. The van der Waals surface area contributed by atoms with E-state index in [-0.39, 0.29) is 16.7 Å². The summed E-state index contributed by atoms with van der Waals surface area (Å²) >= 11 is 3.56. The van der Waals surface area contributed by atoms with Gasteiger partial charge >= 0.3 is 0 Å². The summed E-state index contributed by atoms with van der Waals surface area (Å²) in [5.74, 6) is 0.645. The van der Waals surface area contributed by atoms with E-state index in [0.29, 0.717) is 6.42 Å². The summed E-state index contributed by atoms with van der Waals surface area (Å²) < 4.78 is 0. The van der Waals surface area contributed by atoms with Gasteiger partial charge in [0.1, 0.15) is 5.82 Å². The smallest absolute Gasteiger partial charge is 0.220 e. The number of nitrogens with two attached hydrogens (primary N) is 1. The fraction of sp³-hybridized carbons (Fsp3) is 0.636. The zero-order valence-electron chi connectivity index (χ0n) is 9.66. The molecule has 16 heavy (non-hydrogen) atoms. The fourth-order valence-electron chi connectivity index (χ4n) is 1.58. The highest BCUT2D eigenvalue weighted by atomic mass is 79.9. The van der Waals surface area contributed by atoms with Crippen LogP contribution in [-0.4, -0.2) is 15.9 Å². The van der Waals surface area contributed by atoms with Crippen LogP contribution < -0.4 is 5.73 Å². The van der Waals surface area contributed by atoms with Crippen molar-refractivity contribution in [3.63, 3.8) is 0 Å². The van der Waals surface area contributed by atoms with Crippen molar-refractivity contribution in [2.75, 3.05) is 0 Å². The minimum atomic E-state index is -0.234. The predicted octanol–water partition coefficient (Wildman–Crippen LogP) is 2.31. The second-order valence-electron chi connectivity index (χ2n) is 3.85. The topological polar surface area (TPSA) is 71.8 Å². The molecule has 2 atom stereocenters. The summed E-state index contributed by atoms with van der Waals surface area (Å²) in [6.07, 6.45) is 4.17. The lowest BCUT2D eigenvalue weighted by molar-refractivity contribution is -0.122. The average molecular weight is 288 g/mol. The van der Waals surface area contributed by atoms with Crippen LogP contribution in [0.25, 0.3) is 0 Å². The third-order valence-corrected chi connectivity index (χ3v) is 3.57. The molecule has 0 aliphatic rings. The number of aromatic amines is 1. The Balaban J connectivity index is 2.63. The minimum Gasteiger partial charge on any atom is -0.369 e. The number of amides is 1. The van der Waals surface area contributed by atoms with Gasteiger partial charge in [0.2, 0.25) is 5.91 Å². The molecule has 1 aromatic heterocycles. The van der Waals surface area contributed by atoms with Gasteiger partial charge in [-0.05, 0) is 12.8 Å². The van der Waals surface area contributed by atoms with E-state index in [1.807, 2.05) is 20.0 Å².